The Morgan fingerprint density at radius 2 is 1.42 bits per heavy atom. The summed E-state index contributed by atoms with van der Waals surface area (Å²) in [6, 6.07) is 0. The second-order valence-electron chi connectivity index (χ2n) is 2.24. The third kappa shape index (κ3) is 4.42. The molecule has 0 bridgehead atoms. The highest BCUT2D eigenvalue weighted by Crippen LogP contribution is 2.34. The highest BCUT2D eigenvalue weighted by molar-refractivity contribution is 4.70. The SMILES string of the molecule is OC[C@H](CC(F)(F)F)C(F)(F)F. The van der Waals surface area contributed by atoms with E-state index >= 15 is 0 Å². The molecule has 0 aromatic rings. The maximum atomic E-state index is 11.6. The Kier molecular flexibility index (Phi) is 3.37. The van der Waals surface area contributed by atoms with Crippen molar-refractivity contribution in [2.24, 2.45) is 5.92 Å². The zero-order chi connectivity index (χ0) is 9.99. The number of alkyl halides is 6. The molecule has 0 unspecified atom stereocenters. The van der Waals surface area contributed by atoms with E-state index in [1.807, 2.05) is 0 Å². The fourth-order valence-electron chi connectivity index (χ4n) is 0.563. The van der Waals surface area contributed by atoms with Crippen LogP contribution in [0.5, 0.6) is 0 Å². The first-order chi connectivity index (χ1) is 5.17. The summed E-state index contributed by atoms with van der Waals surface area (Å²) in [5.41, 5.74) is 0. The standard InChI is InChI=1S/C5H6F6O/c6-4(7,8)1-3(2-12)5(9,10)11/h3,12H,1-2H2/t3-/m0/s1. The summed E-state index contributed by atoms with van der Waals surface area (Å²) >= 11 is 0. The maximum Gasteiger partial charge on any atom is 0.394 e. The van der Waals surface area contributed by atoms with E-state index in [1.54, 1.807) is 0 Å². The Labute approximate surface area is 64.0 Å². The summed E-state index contributed by atoms with van der Waals surface area (Å²) in [6.07, 6.45) is -11.9. The summed E-state index contributed by atoms with van der Waals surface area (Å²) in [7, 11) is 0. The van der Waals surface area contributed by atoms with Gasteiger partial charge in [-0.25, -0.2) is 0 Å². The van der Waals surface area contributed by atoms with Gasteiger partial charge in [-0.15, -0.1) is 0 Å². The molecule has 0 heterocycles. The minimum absolute atomic E-state index is 1.54. The molecule has 0 aliphatic rings. The van der Waals surface area contributed by atoms with Crippen molar-refractivity contribution in [3.05, 3.63) is 0 Å². The van der Waals surface area contributed by atoms with Crippen LogP contribution in [0.4, 0.5) is 26.3 Å². The summed E-state index contributed by atoms with van der Waals surface area (Å²) in [5, 5.41) is 8.00. The Bertz CT molecular complexity index is 136. The Balaban J connectivity index is 4.20. The van der Waals surface area contributed by atoms with Gasteiger partial charge >= 0.3 is 12.4 Å². The van der Waals surface area contributed by atoms with E-state index in [2.05, 4.69) is 0 Å². The minimum Gasteiger partial charge on any atom is -0.396 e. The molecule has 0 aromatic carbocycles. The third-order valence-electron chi connectivity index (χ3n) is 1.16. The van der Waals surface area contributed by atoms with Gasteiger partial charge in [0.2, 0.25) is 0 Å². The maximum absolute atomic E-state index is 11.6. The van der Waals surface area contributed by atoms with Crippen molar-refractivity contribution in [2.45, 2.75) is 18.8 Å². The number of aliphatic hydroxyl groups is 1. The van der Waals surface area contributed by atoms with E-state index < -0.39 is 31.3 Å². The molecule has 1 nitrogen and oxygen atoms in total. The molecular formula is C5H6F6O. The predicted octanol–water partition coefficient (Wildman–Crippen LogP) is 2.11. The van der Waals surface area contributed by atoms with Gasteiger partial charge in [-0.2, -0.15) is 26.3 Å². The lowest BCUT2D eigenvalue weighted by atomic mass is 10.1. The summed E-state index contributed by atoms with van der Waals surface area (Å²) < 4.78 is 69.0. The zero-order valence-electron chi connectivity index (χ0n) is 5.71. The van der Waals surface area contributed by atoms with E-state index in [0.29, 0.717) is 0 Å². The zero-order valence-corrected chi connectivity index (χ0v) is 5.71. The lowest BCUT2D eigenvalue weighted by molar-refractivity contribution is -0.225. The largest absolute Gasteiger partial charge is 0.396 e. The topological polar surface area (TPSA) is 20.2 Å². The number of hydrogen-bond donors (Lipinski definition) is 1. The van der Waals surface area contributed by atoms with Gasteiger partial charge in [-0.3, -0.25) is 0 Å². The molecule has 1 atom stereocenters. The molecule has 12 heavy (non-hydrogen) atoms. The van der Waals surface area contributed by atoms with Gasteiger partial charge in [0.25, 0.3) is 0 Å². The van der Waals surface area contributed by atoms with Crippen LogP contribution in [0.15, 0.2) is 0 Å². The molecule has 0 saturated heterocycles. The summed E-state index contributed by atoms with van der Waals surface area (Å²) in [4.78, 5) is 0. The highest BCUT2D eigenvalue weighted by Gasteiger charge is 2.45. The molecule has 0 amide bonds. The number of rotatable bonds is 2. The van der Waals surface area contributed by atoms with Crippen LogP contribution in [0.3, 0.4) is 0 Å². The number of hydrogen-bond acceptors (Lipinski definition) is 1. The normalized spacial score (nSPS) is 16.2. The Hall–Kier alpha value is -0.460. The quantitative estimate of drug-likeness (QED) is 0.670. The third-order valence-corrected chi connectivity index (χ3v) is 1.16. The molecule has 0 rings (SSSR count). The Morgan fingerprint density at radius 3 is 1.50 bits per heavy atom. The van der Waals surface area contributed by atoms with Crippen molar-refractivity contribution in [3.8, 4) is 0 Å². The molecule has 1 N–H and O–H groups in total. The first-order valence-corrected chi connectivity index (χ1v) is 2.91. The molecule has 0 aliphatic carbocycles. The molecule has 7 heteroatoms. The fourth-order valence-corrected chi connectivity index (χ4v) is 0.563. The van der Waals surface area contributed by atoms with Crippen molar-refractivity contribution >= 4 is 0 Å². The molecule has 0 aromatic heterocycles. The number of halogens is 6. The van der Waals surface area contributed by atoms with Crippen molar-refractivity contribution in [1.82, 2.24) is 0 Å². The van der Waals surface area contributed by atoms with E-state index in [9.17, 15) is 26.3 Å². The van der Waals surface area contributed by atoms with Crippen LogP contribution >= 0.6 is 0 Å². The van der Waals surface area contributed by atoms with Crippen LogP contribution in [0.2, 0.25) is 0 Å². The average Bonchev–Trinajstić information content (AvgIpc) is 1.78. The van der Waals surface area contributed by atoms with Gasteiger partial charge < -0.3 is 5.11 Å². The van der Waals surface area contributed by atoms with E-state index in [1.165, 1.54) is 0 Å². The van der Waals surface area contributed by atoms with Gasteiger partial charge in [0.15, 0.2) is 0 Å². The molecule has 0 fully saturated rings. The van der Waals surface area contributed by atoms with Gasteiger partial charge in [-0.1, -0.05) is 0 Å². The van der Waals surface area contributed by atoms with E-state index in [4.69, 9.17) is 5.11 Å². The molecule has 0 spiro atoms. The van der Waals surface area contributed by atoms with E-state index in [-0.39, 0.29) is 0 Å². The molecule has 0 saturated carbocycles. The molecule has 0 aliphatic heterocycles. The van der Waals surface area contributed by atoms with Crippen LogP contribution in [-0.2, 0) is 0 Å². The molecule has 0 radical (unpaired) electrons. The monoisotopic (exact) mass is 196 g/mol. The van der Waals surface area contributed by atoms with Crippen LogP contribution in [0, 0.1) is 5.92 Å². The lowest BCUT2D eigenvalue weighted by Crippen LogP contribution is -2.31. The van der Waals surface area contributed by atoms with Crippen molar-refractivity contribution in [3.63, 3.8) is 0 Å². The average molecular weight is 196 g/mol. The van der Waals surface area contributed by atoms with Crippen LogP contribution < -0.4 is 0 Å². The van der Waals surface area contributed by atoms with Crippen molar-refractivity contribution in [2.75, 3.05) is 6.61 Å². The molecular weight excluding hydrogens is 190 g/mol. The van der Waals surface area contributed by atoms with Crippen molar-refractivity contribution < 1.29 is 31.4 Å². The summed E-state index contributed by atoms with van der Waals surface area (Å²) in [5.74, 6) is -2.71. The van der Waals surface area contributed by atoms with Gasteiger partial charge in [-0.05, 0) is 0 Å². The van der Waals surface area contributed by atoms with Crippen LogP contribution in [-0.4, -0.2) is 24.1 Å². The lowest BCUT2D eigenvalue weighted by Gasteiger charge is -2.18. The van der Waals surface area contributed by atoms with Crippen molar-refractivity contribution in [1.29, 1.82) is 0 Å². The van der Waals surface area contributed by atoms with Crippen LogP contribution in [0.25, 0.3) is 0 Å². The fraction of sp³-hybridized carbons (Fsp3) is 1.00. The Morgan fingerprint density at radius 1 is 1.00 bits per heavy atom. The van der Waals surface area contributed by atoms with Gasteiger partial charge in [0.05, 0.1) is 18.9 Å². The van der Waals surface area contributed by atoms with Crippen LogP contribution in [0.1, 0.15) is 6.42 Å². The van der Waals surface area contributed by atoms with E-state index in [0.717, 1.165) is 0 Å². The van der Waals surface area contributed by atoms with Gasteiger partial charge in [0.1, 0.15) is 0 Å². The molecule has 74 valence electrons. The first kappa shape index (κ1) is 11.5. The second kappa shape index (κ2) is 3.51. The highest BCUT2D eigenvalue weighted by atomic mass is 19.4. The summed E-state index contributed by atoms with van der Waals surface area (Å²) in [6.45, 7) is -1.54. The number of aliphatic hydroxyl groups excluding tert-OH is 1. The second-order valence-corrected chi connectivity index (χ2v) is 2.24. The minimum atomic E-state index is -5.00. The smallest absolute Gasteiger partial charge is 0.394 e. The van der Waals surface area contributed by atoms with Gasteiger partial charge in [0, 0.05) is 0 Å². The first-order valence-electron chi connectivity index (χ1n) is 2.91. The predicted molar refractivity (Wildman–Crippen MR) is 27.3 cm³/mol.